The molecule has 0 amide bonds. The lowest BCUT2D eigenvalue weighted by atomic mass is 10.2. The zero-order chi connectivity index (χ0) is 12.3. The lowest BCUT2D eigenvalue weighted by molar-refractivity contribution is 0.623. The molecular weight excluding hydrogens is 237 g/mol. The van der Waals surface area contributed by atoms with E-state index in [2.05, 4.69) is 10.3 Å². The number of hydrogen-bond acceptors (Lipinski definition) is 2. The van der Waals surface area contributed by atoms with E-state index in [0.717, 1.165) is 23.3 Å². The Bertz CT molecular complexity index is 430. The first-order chi connectivity index (χ1) is 8.19. The summed E-state index contributed by atoms with van der Waals surface area (Å²) in [4.78, 5) is 5.26. The Kier molecular flexibility index (Phi) is 3.89. The molecule has 0 spiro atoms. The molecule has 1 aliphatic rings. The zero-order valence-electron chi connectivity index (χ0n) is 9.74. The molecule has 1 aliphatic carbocycles. The van der Waals surface area contributed by atoms with Crippen LogP contribution in [0.3, 0.4) is 0 Å². The quantitative estimate of drug-likeness (QED) is 0.491. The molecule has 5 heteroatoms. The van der Waals surface area contributed by atoms with E-state index < -0.39 is 0 Å². The number of thioether (sulfide) groups is 1. The molecule has 2 rings (SSSR count). The second-order valence-electron chi connectivity index (χ2n) is 4.08. The monoisotopic (exact) mass is 253 g/mol. The van der Waals surface area contributed by atoms with Gasteiger partial charge < -0.3 is 11.1 Å². The first kappa shape index (κ1) is 12.2. The normalized spacial score (nSPS) is 16.0. The number of rotatable bonds is 4. The molecule has 1 aromatic rings. The van der Waals surface area contributed by atoms with Crippen molar-refractivity contribution in [2.24, 2.45) is 10.7 Å². The van der Waals surface area contributed by atoms with Crippen molar-refractivity contribution in [1.29, 1.82) is 0 Å². The molecule has 0 aromatic heterocycles. The predicted octanol–water partition coefficient (Wildman–Crippen LogP) is 2.11. The van der Waals surface area contributed by atoms with Crippen molar-refractivity contribution in [3.05, 3.63) is 29.6 Å². The van der Waals surface area contributed by atoms with Crippen LogP contribution in [-0.4, -0.2) is 18.3 Å². The van der Waals surface area contributed by atoms with Crippen molar-refractivity contribution in [2.45, 2.75) is 30.3 Å². The Hall–Kier alpha value is -1.23. The molecule has 0 saturated heterocycles. The molecule has 0 atom stereocenters. The zero-order valence-corrected chi connectivity index (χ0v) is 10.6. The minimum atomic E-state index is -0.235. The van der Waals surface area contributed by atoms with Crippen molar-refractivity contribution < 1.29 is 4.39 Å². The fraction of sp³-hybridized carbons (Fsp3) is 0.417. The third-order valence-corrected chi connectivity index (χ3v) is 3.43. The number of hydrogen-bond donors (Lipinski definition) is 2. The first-order valence-corrected chi connectivity index (χ1v) is 6.80. The molecule has 0 unspecified atom stereocenters. The van der Waals surface area contributed by atoms with Crippen LogP contribution in [0, 0.1) is 5.82 Å². The molecule has 0 heterocycles. The van der Waals surface area contributed by atoms with Crippen LogP contribution in [0.15, 0.2) is 28.1 Å². The fourth-order valence-electron chi connectivity index (χ4n) is 1.52. The third kappa shape index (κ3) is 3.63. The fourth-order valence-corrected chi connectivity index (χ4v) is 2.11. The highest BCUT2D eigenvalue weighted by molar-refractivity contribution is 7.98. The Morgan fingerprint density at radius 1 is 1.59 bits per heavy atom. The average molecular weight is 253 g/mol. The van der Waals surface area contributed by atoms with Gasteiger partial charge in [-0.05, 0) is 42.9 Å². The highest BCUT2D eigenvalue weighted by Crippen LogP contribution is 2.22. The maximum Gasteiger partial charge on any atom is 0.189 e. The molecule has 92 valence electrons. The van der Waals surface area contributed by atoms with Gasteiger partial charge in [0, 0.05) is 10.9 Å². The van der Waals surface area contributed by atoms with Gasteiger partial charge in [0.2, 0.25) is 0 Å². The van der Waals surface area contributed by atoms with Crippen molar-refractivity contribution >= 4 is 17.7 Å². The van der Waals surface area contributed by atoms with E-state index in [9.17, 15) is 4.39 Å². The summed E-state index contributed by atoms with van der Waals surface area (Å²) in [6.07, 6.45) is 4.28. The van der Waals surface area contributed by atoms with E-state index in [1.54, 1.807) is 17.8 Å². The molecule has 3 nitrogen and oxygen atoms in total. The molecule has 17 heavy (non-hydrogen) atoms. The average Bonchev–Trinajstić information content (AvgIpc) is 3.10. The van der Waals surface area contributed by atoms with E-state index in [1.165, 1.54) is 12.1 Å². The lowest BCUT2D eigenvalue weighted by Crippen LogP contribution is -2.33. The Labute approximate surface area is 105 Å². The van der Waals surface area contributed by atoms with Gasteiger partial charge in [-0.2, -0.15) is 0 Å². The maximum atomic E-state index is 13.1. The van der Waals surface area contributed by atoms with Crippen LogP contribution in [0.5, 0.6) is 0 Å². The molecule has 0 radical (unpaired) electrons. The summed E-state index contributed by atoms with van der Waals surface area (Å²) in [7, 11) is 0. The molecular formula is C12H16FN3S. The lowest BCUT2D eigenvalue weighted by Gasteiger charge is -2.06. The van der Waals surface area contributed by atoms with Gasteiger partial charge in [-0.15, -0.1) is 11.8 Å². The summed E-state index contributed by atoms with van der Waals surface area (Å²) in [5, 5.41) is 3.10. The van der Waals surface area contributed by atoms with Gasteiger partial charge in [-0.1, -0.05) is 0 Å². The number of nitrogens with two attached hydrogens (primary N) is 1. The topological polar surface area (TPSA) is 50.4 Å². The number of benzene rings is 1. The number of nitrogens with one attached hydrogen (secondary N) is 1. The van der Waals surface area contributed by atoms with Crippen molar-refractivity contribution in [1.82, 2.24) is 5.32 Å². The summed E-state index contributed by atoms with van der Waals surface area (Å²) in [6.45, 7) is 0.416. The van der Waals surface area contributed by atoms with Gasteiger partial charge in [-0.25, -0.2) is 9.38 Å². The highest BCUT2D eigenvalue weighted by Gasteiger charge is 2.21. The van der Waals surface area contributed by atoms with Crippen LogP contribution in [0.25, 0.3) is 0 Å². The first-order valence-electron chi connectivity index (χ1n) is 5.58. The molecule has 0 aliphatic heterocycles. The second-order valence-corrected chi connectivity index (χ2v) is 4.92. The van der Waals surface area contributed by atoms with Gasteiger partial charge in [0.25, 0.3) is 0 Å². The van der Waals surface area contributed by atoms with E-state index in [4.69, 9.17) is 5.73 Å². The summed E-state index contributed by atoms with van der Waals surface area (Å²) in [5.41, 5.74) is 6.60. The minimum absolute atomic E-state index is 0.235. The van der Waals surface area contributed by atoms with Crippen LogP contribution in [0.4, 0.5) is 4.39 Å². The minimum Gasteiger partial charge on any atom is -0.370 e. The van der Waals surface area contributed by atoms with Gasteiger partial charge in [-0.3, -0.25) is 0 Å². The highest BCUT2D eigenvalue weighted by atomic mass is 32.2. The molecule has 3 N–H and O–H groups in total. The third-order valence-electron chi connectivity index (χ3n) is 2.59. The largest absolute Gasteiger partial charge is 0.370 e. The maximum absolute atomic E-state index is 13.1. The van der Waals surface area contributed by atoms with Crippen LogP contribution >= 0.6 is 11.8 Å². The second kappa shape index (κ2) is 5.40. The Morgan fingerprint density at radius 2 is 2.35 bits per heavy atom. The number of halogens is 1. The number of guanidine groups is 1. The van der Waals surface area contributed by atoms with E-state index >= 15 is 0 Å². The van der Waals surface area contributed by atoms with Crippen LogP contribution < -0.4 is 11.1 Å². The van der Waals surface area contributed by atoms with Gasteiger partial charge in [0.1, 0.15) is 5.82 Å². The summed E-state index contributed by atoms with van der Waals surface area (Å²) in [5.74, 6) is 0.213. The summed E-state index contributed by atoms with van der Waals surface area (Å²) >= 11 is 1.58. The molecule has 1 aromatic carbocycles. The summed E-state index contributed by atoms with van der Waals surface area (Å²) < 4.78 is 13.1. The van der Waals surface area contributed by atoms with Crippen LogP contribution in [-0.2, 0) is 6.54 Å². The van der Waals surface area contributed by atoms with Crippen molar-refractivity contribution in [2.75, 3.05) is 6.26 Å². The predicted molar refractivity (Wildman–Crippen MR) is 69.7 cm³/mol. The number of aliphatic imine (C=N–C) groups is 1. The van der Waals surface area contributed by atoms with Crippen LogP contribution in [0.1, 0.15) is 18.4 Å². The van der Waals surface area contributed by atoms with Crippen molar-refractivity contribution in [3.8, 4) is 0 Å². The van der Waals surface area contributed by atoms with E-state index in [-0.39, 0.29) is 5.82 Å². The van der Waals surface area contributed by atoms with E-state index in [1.807, 2.05) is 6.26 Å². The van der Waals surface area contributed by atoms with Gasteiger partial charge in [0.15, 0.2) is 5.96 Å². The standard InChI is InChI=1S/C12H16FN3S/c1-17-11-5-2-9(13)6-8(11)7-15-12(14)16-10-3-4-10/h2,5-6,10H,3-4,7H2,1H3,(H3,14,15,16). The summed E-state index contributed by atoms with van der Waals surface area (Å²) in [6, 6.07) is 5.24. The Morgan fingerprint density at radius 3 is 3.00 bits per heavy atom. The van der Waals surface area contributed by atoms with Crippen LogP contribution in [0.2, 0.25) is 0 Å². The molecule has 1 fully saturated rings. The molecule has 0 bridgehead atoms. The van der Waals surface area contributed by atoms with E-state index in [0.29, 0.717) is 18.5 Å². The number of nitrogens with zero attached hydrogens (tertiary/aromatic N) is 1. The van der Waals surface area contributed by atoms with Gasteiger partial charge >= 0.3 is 0 Å². The SMILES string of the molecule is CSc1ccc(F)cc1CN=C(N)NC1CC1. The van der Waals surface area contributed by atoms with Crippen molar-refractivity contribution in [3.63, 3.8) is 0 Å². The van der Waals surface area contributed by atoms with Gasteiger partial charge in [0.05, 0.1) is 6.54 Å². The molecule has 1 saturated carbocycles. The Balaban J connectivity index is 2.03. The smallest absolute Gasteiger partial charge is 0.189 e.